The Balaban J connectivity index is 1.07. The van der Waals surface area contributed by atoms with Crippen LogP contribution >= 0.6 is 0 Å². The number of benzene rings is 2. The maximum absolute atomic E-state index is 14.8. The number of hydrogen-bond donors (Lipinski definition) is 3. The Morgan fingerprint density at radius 1 is 0.962 bits per heavy atom. The Morgan fingerprint density at radius 2 is 1.70 bits per heavy atom. The van der Waals surface area contributed by atoms with Gasteiger partial charge in [0.15, 0.2) is 0 Å². The van der Waals surface area contributed by atoms with E-state index in [0.29, 0.717) is 18.0 Å². The topological polar surface area (TPSA) is 136 Å². The fourth-order valence-electron chi connectivity index (χ4n) is 7.94. The van der Waals surface area contributed by atoms with Crippen molar-refractivity contribution in [3.8, 4) is 33.6 Å². The van der Waals surface area contributed by atoms with E-state index in [9.17, 15) is 23.2 Å². The maximum Gasteiger partial charge on any atom is 0.407 e. The van der Waals surface area contributed by atoms with Gasteiger partial charge in [0.1, 0.15) is 17.7 Å². The third-order valence-corrected chi connectivity index (χ3v) is 10.7. The average Bonchev–Trinajstić information content (AvgIpc) is 3.94. The van der Waals surface area contributed by atoms with Crippen molar-refractivity contribution < 1.29 is 27.9 Å². The number of fused-ring (bicyclic) bond motifs is 3. The van der Waals surface area contributed by atoms with E-state index in [0.717, 1.165) is 76.6 Å². The number of amides is 3. The molecule has 1 aliphatic carbocycles. The van der Waals surface area contributed by atoms with E-state index in [1.165, 1.54) is 12.7 Å². The molecule has 2 aromatic heterocycles. The molecule has 3 atom stereocenters. The molecule has 0 spiro atoms. The molecule has 280 valence electrons. The molecule has 0 unspecified atom stereocenters. The molecule has 11 nitrogen and oxygen atoms in total. The van der Waals surface area contributed by atoms with Gasteiger partial charge in [0.2, 0.25) is 11.8 Å². The second-order valence-corrected chi connectivity index (χ2v) is 15.3. The number of imidazole rings is 2. The molecule has 3 aliphatic rings. The van der Waals surface area contributed by atoms with Crippen molar-refractivity contribution in [1.82, 2.24) is 35.1 Å². The number of aryl methyl sites for hydroxylation is 2. The lowest BCUT2D eigenvalue weighted by molar-refractivity contribution is -0.136. The molecule has 3 amide bonds. The molecule has 7 rings (SSSR count). The van der Waals surface area contributed by atoms with Crippen molar-refractivity contribution in [2.45, 2.75) is 90.3 Å². The zero-order chi connectivity index (χ0) is 37.6. The number of H-pyrrole nitrogens is 2. The first kappa shape index (κ1) is 36.3. The van der Waals surface area contributed by atoms with E-state index in [2.05, 4.69) is 57.1 Å². The van der Waals surface area contributed by atoms with Gasteiger partial charge in [-0.05, 0) is 59.8 Å². The smallest absolute Gasteiger partial charge is 0.407 e. The molecule has 2 aromatic carbocycles. The minimum atomic E-state index is -3.11. The molecule has 53 heavy (non-hydrogen) atoms. The van der Waals surface area contributed by atoms with Crippen LogP contribution in [-0.4, -0.2) is 79.8 Å². The van der Waals surface area contributed by atoms with Crippen LogP contribution in [0.25, 0.3) is 33.6 Å². The number of aromatic amines is 2. The summed E-state index contributed by atoms with van der Waals surface area (Å²) in [5.41, 5.74) is 8.00. The van der Waals surface area contributed by atoms with Crippen LogP contribution in [0.4, 0.5) is 13.6 Å². The van der Waals surface area contributed by atoms with Crippen LogP contribution in [0.5, 0.6) is 0 Å². The Bertz CT molecular complexity index is 2000. The Kier molecular flexibility index (Phi) is 9.86. The Labute approximate surface area is 307 Å². The zero-order valence-electron chi connectivity index (χ0n) is 30.8. The Morgan fingerprint density at radius 3 is 2.42 bits per heavy atom. The average molecular weight is 728 g/mol. The van der Waals surface area contributed by atoms with Gasteiger partial charge in [-0.1, -0.05) is 70.2 Å². The first-order valence-electron chi connectivity index (χ1n) is 18.5. The number of methoxy groups -OCH3 is 1. The monoisotopic (exact) mass is 727 g/mol. The summed E-state index contributed by atoms with van der Waals surface area (Å²) in [7, 11) is 1.18. The van der Waals surface area contributed by atoms with Crippen molar-refractivity contribution in [3.63, 3.8) is 0 Å². The predicted molar refractivity (Wildman–Crippen MR) is 196 cm³/mol. The fourth-order valence-corrected chi connectivity index (χ4v) is 7.94. The molecule has 3 N–H and O–H groups in total. The molecule has 0 saturated carbocycles. The highest BCUT2D eigenvalue weighted by atomic mass is 19.3. The normalized spacial score (nSPS) is 19.7. The van der Waals surface area contributed by atoms with Crippen LogP contribution in [0.15, 0.2) is 48.7 Å². The predicted octanol–water partition coefficient (Wildman–Crippen LogP) is 7.23. The van der Waals surface area contributed by atoms with Crippen molar-refractivity contribution >= 4 is 17.9 Å². The van der Waals surface area contributed by atoms with Gasteiger partial charge >= 0.3 is 6.09 Å². The van der Waals surface area contributed by atoms with E-state index in [-0.39, 0.29) is 23.7 Å². The molecular weight excluding hydrogens is 680 g/mol. The van der Waals surface area contributed by atoms with Gasteiger partial charge in [0.25, 0.3) is 5.92 Å². The largest absolute Gasteiger partial charge is 0.453 e. The fraction of sp³-hybridized carbons (Fsp3) is 0.475. The van der Waals surface area contributed by atoms with Gasteiger partial charge in [-0.25, -0.2) is 23.5 Å². The summed E-state index contributed by atoms with van der Waals surface area (Å²) in [6.45, 7) is 7.62. The first-order valence-corrected chi connectivity index (χ1v) is 18.5. The summed E-state index contributed by atoms with van der Waals surface area (Å²) < 4.78 is 34.2. The maximum atomic E-state index is 14.8. The van der Waals surface area contributed by atoms with E-state index in [1.54, 1.807) is 20.0 Å². The van der Waals surface area contributed by atoms with Crippen molar-refractivity contribution in [2.24, 2.45) is 11.8 Å². The summed E-state index contributed by atoms with van der Waals surface area (Å²) in [6, 6.07) is 12.4. The number of nitrogens with one attached hydrogen (secondary N) is 3. The molecular formula is C40H47F2N7O4. The van der Waals surface area contributed by atoms with Crippen molar-refractivity contribution in [3.05, 3.63) is 71.6 Å². The molecule has 0 radical (unpaired) electrons. The second-order valence-electron chi connectivity index (χ2n) is 15.3. The summed E-state index contributed by atoms with van der Waals surface area (Å²) >= 11 is 0. The van der Waals surface area contributed by atoms with E-state index in [1.807, 2.05) is 29.2 Å². The van der Waals surface area contributed by atoms with Gasteiger partial charge in [0.05, 0.1) is 43.3 Å². The van der Waals surface area contributed by atoms with Crippen molar-refractivity contribution in [2.75, 3.05) is 20.2 Å². The van der Waals surface area contributed by atoms with Crippen LogP contribution in [0, 0.1) is 11.8 Å². The minimum absolute atomic E-state index is 0.00728. The van der Waals surface area contributed by atoms with Crippen LogP contribution in [0.3, 0.4) is 0 Å². The van der Waals surface area contributed by atoms with Gasteiger partial charge in [-0.3, -0.25) is 9.59 Å². The highest BCUT2D eigenvalue weighted by Gasteiger charge is 2.50. The highest BCUT2D eigenvalue weighted by Crippen LogP contribution is 2.42. The third kappa shape index (κ3) is 7.30. The standard InChI is InChI=1S/C40H47F2N7O4/c1-22(2)17-33(50)48-16-6-7-31(48)37-44-29-15-13-27-18-26(12-14-28(27)35(29)46-37)24-8-10-25(11-9-24)30-20-43-36(45-30)32-19-40(41,42)21-49(32)38(51)34(23(3)4)47-39(52)53-5/h8-12,14,18,20,22-23,31-32,34H,6-7,13,15-17,19,21H2,1-5H3,(H,43,45)(H,44,46)(H,47,52)/t31-,32-,34-/m0/s1. The first-order chi connectivity index (χ1) is 25.3. The number of rotatable bonds is 9. The number of nitrogens with zero attached hydrogens (tertiary/aromatic N) is 4. The third-order valence-electron chi connectivity index (χ3n) is 10.7. The van der Waals surface area contributed by atoms with E-state index < -0.39 is 43.0 Å². The number of likely N-dealkylation sites (tertiary alicyclic amines) is 2. The SMILES string of the molecule is COC(=O)N[C@H](C(=O)N1CC(F)(F)C[C@H]1c1ncc(-c2ccc(-c3ccc4c(c3)CCc3[nH]c([C@@H]5CCCN5C(=O)CC(C)C)nc3-4)cc2)[nH]1)C(C)C. The molecule has 2 saturated heterocycles. The summed E-state index contributed by atoms with van der Waals surface area (Å²) in [5.74, 6) is -2.42. The molecule has 4 heterocycles. The molecule has 13 heteroatoms. The summed E-state index contributed by atoms with van der Waals surface area (Å²) in [6.07, 6.45) is 4.39. The van der Waals surface area contributed by atoms with Gasteiger partial charge < -0.3 is 29.8 Å². The highest BCUT2D eigenvalue weighted by molar-refractivity contribution is 5.86. The van der Waals surface area contributed by atoms with Crippen LogP contribution < -0.4 is 5.32 Å². The number of alkyl halides is 2. The van der Waals surface area contributed by atoms with E-state index in [4.69, 9.17) is 4.98 Å². The minimum Gasteiger partial charge on any atom is -0.453 e. The van der Waals surface area contributed by atoms with Gasteiger partial charge in [-0.15, -0.1) is 0 Å². The molecule has 2 aliphatic heterocycles. The van der Waals surface area contributed by atoms with E-state index >= 15 is 0 Å². The number of aromatic nitrogens is 4. The number of carbonyl (C=O) groups excluding carboxylic acids is 3. The zero-order valence-corrected chi connectivity index (χ0v) is 30.8. The number of hydrogen-bond acceptors (Lipinski definition) is 6. The number of alkyl carbamates (subject to hydrolysis) is 1. The number of halogens is 2. The molecule has 2 fully saturated rings. The van der Waals surface area contributed by atoms with Crippen LogP contribution in [-0.2, 0) is 27.2 Å². The lowest BCUT2D eigenvalue weighted by atomic mass is 9.89. The number of ether oxygens (including phenoxy) is 1. The van der Waals surface area contributed by atoms with Crippen LogP contribution in [0.2, 0.25) is 0 Å². The van der Waals surface area contributed by atoms with Crippen molar-refractivity contribution in [1.29, 1.82) is 0 Å². The Hall–Kier alpha value is -5.07. The lowest BCUT2D eigenvalue weighted by Gasteiger charge is -2.29. The van der Waals surface area contributed by atoms with Crippen LogP contribution in [0.1, 0.15) is 88.4 Å². The molecule has 4 aromatic rings. The second kappa shape index (κ2) is 14.4. The van der Waals surface area contributed by atoms with Gasteiger partial charge in [-0.2, -0.15) is 0 Å². The lowest BCUT2D eigenvalue weighted by Crippen LogP contribution is -2.51. The quantitative estimate of drug-likeness (QED) is 0.167. The number of carbonyl (C=O) groups is 3. The molecule has 0 bridgehead atoms. The summed E-state index contributed by atoms with van der Waals surface area (Å²) in [5, 5.41) is 2.49. The summed E-state index contributed by atoms with van der Waals surface area (Å²) in [4.78, 5) is 57.7. The van der Waals surface area contributed by atoms with Gasteiger partial charge in [0, 0.05) is 30.6 Å².